The Bertz CT molecular complexity index is 119. The molecule has 1 fully saturated rings. The second kappa shape index (κ2) is 3.55. The number of hydrogen-bond acceptors (Lipinski definition) is 2. The first-order chi connectivity index (χ1) is 5.15. The van der Waals surface area contributed by atoms with Gasteiger partial charge in [0.05, 0.1) is 6.10 Å². The van der Waals surface area contributed by atoms with E-state index in [2.05, 4.69) is 18.7 Å². The van der Waals surface area contributed by atoms with Crippen molar-refractivity contribution in [1.29, 1.82) is 0 Å². The molecule has 66 valence electrons. The van der Waals surface area contributed by atoms with E-state index in [1.807, 2.05) is 6.92 Å². The molecule has 1 atom stereocenters. The Labute approximate surface area is 69.2 Å². The number of aliphatic hydroxyl groups excluding tert-OH is 1. The zero-order chi connectivity index (χ0) is 8.43. The fraction of sp³-hybridized carbons (Fsp3) is 1.00. The molecule has 0 bridgehead atoms. The molecule has 1 heterocycles. The van der Waals surface area contributed by atoms with Crippen LogP contribution in [0.4, 0.5) is 0 Å². The largest absolute Gasteiger partial charge is 0.393 e. The Kier molecular flexibility index (Phi) is 2.90. The summed E-state index contributed by atoms with van der Waals surface area (Å²) in [6, 6.07) is 0.648. The lowest BCUT2D eigenvalue weighted by molar-refractivity contribution is -0.0204. The van der Waals surface area contributed by atoms with E-state index in [0.29, 0.717) is 12.0 Å². The van der Waals surface area contributed by atoms with E-state index in [0.717, 1.165) is 19.5 Å². The third kappa shape index (κ3) is 1.94. The summed E-state index contributed by atoms with van der Waals surface area (Å²) in [5.74, 6) is 0.544. The van der Waals surface area contributed by atoms with Gasteiger partial charge < -0.3 is 10.0 Å². The Balaban J connectivity index is 2.18. The number of rotatable bonds is 3. The first kappa shape index (κ1) is 9.01. The van der Waals surface area contributed by atoms with Crippen molar-refractivity contribution < 1.29 is 5.11 Å². The van der Waals surface area contributed by atoms with Crippen LogP contribution in [0.25, 0.3) is 0 Å². The van der Waals surface area contributed by atoms with Crippen LogP contribution in [0.5, 0.6) is 0 Å². The molecule has 1 N–H and O–H groups in total. The first-order valence-corrected chi connectivity index (χ1v) is 4.57. The van der Waals surface area contributed by atoms with Gasteiger partial charge >= 0.3 is 0 Å². The monoisotopic (exact) mass is 157 g/mol. The molecule has 0 unspecified atom stereocenters. The van der Waals surface area contributed by atoms with Crippen LogP contribution in [0.15, 0.2) is 0 Å². The number of aliphatic hydroxyl groups is 1. The van der Waals surface area contributed by atoms with Crippen molar-refractivity contribution in [3.63, 3.8) is 0 Å². The third-order valence-corrected chi connectivity index (χ3v) is 2.63. The fourth-order valence-electron chi connectivity index (χ4n) is 1.55. The summed E-state index contributed by atoms with van der Waals surface area (Å²) in [6.45, 7) is 8.63. The van der Waals surface area contributed by atoms with Crippen molar-refractivity contribution in [2.24, 2.45) is 5.92 Å². The van der Waals surface area contributed by atoms with Gasteiger partial charge in [-0.2, -0.15) is 0 Å². The lowest BCUT2D eigenvalue weighted by Crippen LogP contribution is -2.54. The van der Waals surface area contributed by atoms with Crippen molar-refractivity contribution in [3.8, 4) is 0 Å². The maximum absolute atomic E-state index is 9.45. The average Bonchev–Trinajstić information content (AvgIpc) is 1.83. The van der Waals surface area contributed by atoms with Gasteiger partial charge in [-0.1, -0.05) is 6.92 Å². The van der Waals surface area contributed by atoms with Crippen LogP contribution in [0.1, 0.15) is 27.2 Å². The molecular weight excluding hydrogens is 138 g/mol. The van der Waals surface area contributed by atoms with E-state index in [-0.39, 0.29) is 6.10 Å². The van der Waals surface area contributed by atoms with Crippen LogP contribution in [-0.2, 0) is 0 Å². The molecule has 0 radical (unpaired) electrons. The van der Waals surface area contributed by atoms with Crippen molar-refractivity contribution in [3.05, 3.63) is 0 Å². The van der Waals surface area contributed by atoms with Gasteiger partial charge in [0.2, 0.25) is 0 Å². The minimum Gasteiger partial charge on any atom is -0.393 e. The molecule has 2 nitrogen and oxygen atoms in total. The van der Waals surface area contributed by atoms with E-state index >= 15 is 0 Å². The minimum atomic E-state index is -0.0648. The van der Waals surface area contributed by atoms with E-state index in [1.165, 1.54) is 0 Å². The van der Waals surface area contributed by atoms with Crippen LogP contribution in [0.2, 0.25) is 0 Å². The van der Waals surface area contributed by atoms with E-state index in [9.17, 15) is 5.11 Å². The molecular formula is C9H19NO. The topological polar surface area (TPSA) is 23.5 Å². The quantitative estimate of drug-likeness (QED) is 0.663. The van der Waals surface area contributed by atoms with Gasteiger partial charge in [-0.15, -0.1) is 0 Å². The highest BCUT2D eigenvalue weighted by Crippen LogP contribution is 2.22. The van der Waals surface area contributed by atoms with E-state index < -0.39 is 0 Å². The SMILES string of the molecule is CC[C@@H](O)C1CN(C(C)C)C1. The molecule has 2 heteroatoms. The molecule has 11 heavy (non-hydrogen) atoms. The Morgan fingerprint density at radius 3 is 2.36 bits per heavy atom. The average molecular weight is 157 g/mol. The van der Waals surface area contributed by atoms with Crippen molar-refractivity contribution >= 4 is 0 Å². The van der Waals surface area contributed by atoms with E-state index in [1.54, 1.807) is 0 Å². The van der Waals surface area contributed by atoms with Gasteiger partial charge in [-0.05, 0) is 20.3 Å². The molecule has 1 saturated heterocycles. The van der Waals surface area contributed by atoms with Crippen LogP contribution in [-0.4, -0.2) is 35.2 Å². The molecule has 1 aliphatic rings. The van der Waals surface area contributed by atoms with Gasteiger partial charge in [0, 0.05) is 25.0 Å². The van der Waals surface area contributed by atoms with Crippen molar-refractivity contribution in [1.82, 2.24) is 4.90 Å². The fourth-order valence-corrected chi connectivity index (χ4v) is 1.55. The lowest BCUT2D eigenvalue weighted by atomic mass is 9.91. The summed E-state index contributed by atoms with van der Waals surface area (Å²) in [5, 5.41) is 9.45. The number of hydrogen-bond donors (Lipinski definition) is 1. The molecule has 1 aliphatic heterocycles. The first-order valence-electron chi connectivity index (χ1n) is 4.57. The summed E-state index contributed by atoms with van der Waals surface area (Å²) in [5.41, 5.74) is 0. The highest BCUT2D eigenvalue weighted by molar-refractivity contribution is 4.85. The third-order valence-electron chi connectivity index (χ3n) is 2.63. The summed E-state index contributed by atoms with van der Waals surface area (Å²) in [7, 11) is 0. The van der Waals surface area contributed by atoms with Gasteiger partial charge in [0.1, 0.15) is 0 Å². The minimum absolute atomic E-state index is 0.0648. The lowest BCUT2D eigenvalue weighted by Gasteiger charge is -2.44. The molecule has 0 saturated carbocycles. The normalized spacial score (nSPS) is 23.7. The van der Waals surface area contributed by atoms with Gasteiger partial charge in [0.25, 0.3) is 0 Å². The molecule has 0 spiro atoms. The highest BCUT2D eigenvalue weighted by Gasteiger charge is 2.32. The molecule has 0 aromatic rings. The van der Waals surface area contributed by atoms with Crippen molar-refractivity contribution in [2.45, 2.75) is 39.3 Å². The van der Waals surface area contributed by atoms with Crippen molar-refractivity contribution in [2.75, 3.05) is 13.1 Å². The maximum atomic E-state index is 9.45. The highest BCUT2D eigenvalue weighted by atomic mass is 16.3. The van der Waals surface area contributed by atoms with Crippen LogP contribution < -0.4 is 0 Å². The van der Waals surface area contributed by atoms with Gasteiger partial charge in [-0.25, -0.2) is 0 Å². The summed E-state index contributed by atoms with van der Waals surface area (Å²) in [4.78, 5) is 2.39. The van der Waals surface area contributed by atoms with Gasteiger partial charge in [0.15, 0.2) is 0 Å². The number of nitrogens with zero attached hydrogens (tertiary/aromatic N) is 1. The predicted octanol–water partition coefficient (Wildman–Crippen LogP) is 1.10. The molecule has 0 amide bonds. The predicted molar refractivity (Wildman–Crippen MR) is 46.5 cm³/mol. The summed E-state index contributed by atoms with van der Waals surface area (Å²) >= 11 is 0. The standard InChI is InChI=1S/C9H19NO/c1-4-9(11)8-5-10(6-8)7(2)3/h7-9,11H,4-6H2,1-3H3/t9-/m1/s1. The molecule has 0 aromatic heterocycles. The molecule has 0 aliphatic carbocycles. The Hall–Kier alpha value is -0.0800. The molecule has 0 aromatic carbocycles. The van der Waals surface area contributed by atoms with E-state index in [4.69, 9.17) is 0 Å². The summed E-state index contributed by atoms with van der Waals surface area (Å²) in [6.07, 6.45) is 0.835. The zero-order valence-electron chi connectivity index (χ0n) is 7.75. The van der Waals surface area contributed by atoms with Crippen LogP contribution >= 0.6 is 0 Å². The second-order valence-corrected chi connectivity index (χ2v) is 3.78. The van der Waals surface area contributed by atoms with Crippen LogP contribution in [0.3, 0.4) is 0 Å². The smallest absolute Gasteiger partial charge is 0.0590 e. The Morgan fingerprint density at radius 2 is 2.00 bits per heavy atom. The number of likely N-dealkylation sites (tertiary alicyclic amines) is 1. The molecule has 1 rings (SSSR count). The van der Waals surface area contributed by atoms with Crippen LogP contribution in [0, 0.1) is 5.92 Å². The zero-order valence-corrected chi connectivity index (χ0v) is 7.75. The maximum Gasteiger partial charge on any atom is 0.0590 e. The summed E-state index contributed by atoms with van der Waals surface area (Å²) < 4.78 is 0. The Morgan fingerprint density at radius 1 is 1.45 bits per heavy atom. The van der Waals surface area contributed by atoms with Gasteiger partial charge in [-0.3, -0.25) is 0 Å². The second-order valence-electron chi connectivity index (χ2n) is 3.78.